The molecule has 6 unspecified atom stereocenters. The molecule has 1 aliphatic rings. The van der Waals surface area contributed by atoms with E-state index in [0.29, 0.717) is 65.0 Å². The minimum Gasteiger partial charge on any atom is -0.466 e. The Hall–Kier alpha value is -2.36. The van der Waals surface area contributed by atoms with Gasteiger partial charge in [-0.2, -0.15) is 0 Å². The van der Waals surface area contributed by atoms with Crippen molar-refractivity contribution < 1.29 is 49.1 Å². The van der Waals surface area contributed by atoms with Crippen LogP contribution in [0.1, 0.15) is 233 Å². The molecule has 0 aromatic heterocycles. The van der Waals surface area contributed by atoms with Crippen LogP contribution in [0.2, 0.25) is 0 Å². The Bertz CT molecular complexity index is 1110. The van der Waals surface area contributed by atoms with Gasteiger partial charge < -0.3 is 40.5 Å². The number of nitrogens with one attached hydrogen (secondary N) is 2. The van der Waals surface area contributed by atoms with Crippen LogP contribution < -0.4 is 10.6 Å². The van der Waals surface area contributed by atoms with Gasteiger partial charge in [0.2, 0.25) is 11.8 Å². The molecule has 14 heteroatoms. The zero-order valence-corrected chi connectivity index (χ0v) is 43.9. The van der Waals surface area contributed by atoms with Gasteiger partial charge in [0.25, 0.3) is 0 Å². The number of esters is 2. The van der Waals surface area contributed by atoms with E-state index >= 15 is 0 Å². The number of rotatable bonds is 48. The van der Waals surface area contributed by atoms with Gasteiger partial charge in [0.15, 0.2) is 0 Å². The average Bonchev–Trinajstić information content (AvgIpc) is 3.30. The summed E-state index contributed by atoms with van der Waals surface area (Å²) in [7, 11) is 0. The van der Waals surface area contributed by atoms with E-state index in [1.54, 1.807) is 0 Å². The van der Waals surface area contributed by atoms with Crippen molar-refractivity contribution in [1.82, 2.24) is 20.4 Å². The smallest absolute Gasteiger partial charge is 0.307 e. The maximum Gasteiger partial charge on any atom is 0.307 e. The molecule has 0 saturated carbocycles. The lowest BCUT2D eigenvalue weighted by molar-refractivity contribution is -0.147. The van der Waals surface area contributed by atoms with E-state index in [1.165, 1.54) is 77.0 Å². The highest BCUT2D eigenvalue weighted by molar-refractivity contribution is 5.96. The molecule has 1 aliphatic heterocycles. The fraction of sp³-hybridized carbons (Fsp3) is 0.926. The quantitative estimate of drug-likeness (QED) is 0.0251. The number of carbonyl (C=O) groups is 4. The highest BCUT2D eigenvalue weighted by Gasteiger charge is 2.33. The van der Waals surface area contributed by atoms with Crippen LogP contribution >= 0.6 is 0 Å². The summed E-state index contributed by atoms with van der Waals surface area (Å²) in [5.74, 6) is -1.72. The Balaban J connectivity index is 2.54. The van der Waals surface area contributed by atoms with Crippen molar-refractivity contribution in [2.24, 2.45) is 0 Å². The SMILES string of the molecule is CCCCCCCCC(O)CN(CCC(=O)OCCC1NC(=O)C(CCOC(=O)CCN(CC(O)CCCCCCCC)CC(O)CCCCCCCC)NC1=O)CC(O)CCCCCCCC. The van der Waals surface area contributed by atoms with Crippen LogP contribution in [0.15, 0.2) is 0 Å². The molecule has 0 aromatic carbocycles. The maximum atomic E-state index is 13.0. The van der Waals surface area contributed by atoms with E-state index in [2.05, 4.69) is 38.3 Å². The number of ether oxygens (including phenoxy) is 2. The summed E-state index contributed by atoms with van der Waals surface area (Å²) in [5, 5.41) is 48.8. The predicted molar refractivity (Wildman–Crippen MR) is 273 cm³/mol. The lowest BCUT2D eigenvalue weighted by Crippen LogP contribution is -2.62. The second-order valence-corrected chi connectivity index (χ2v) is 20.0. The summed E-state index contributed by atoms with van der Waals surface area (Å²) in [5.41, 5.74) is 0. The highest BCUT2D eigenvalue weighted by atomic mass is 16.5. The number of aliphatic hydroxyl groups is 4. The molecule has 0 spiro atoms. The third kappa shape index (κ3) is 35.7. The standard InChI is InChI=1S/C54H104N4O10/c1-5-9-13-17-21-25-29-45(59)41-57(42-46(60)30-26-22-18-14-10-6-2)37-33-51(63)67-39-35-49-53(65)56-50(54(66)55-49)36-40-68-52(64)34-38-58(43-47(61)31-27-23-19-15-11-7-3)44-48(62)32-28-24-20-16-12-8-4/h45-50,59-62H,5-44H2,1-4H3,(H,55,66)(H,56,65). The molecule has 1 heterocycles. The first kappa shape index (κ1) is 63.7. The van der Waals surface area contributed by atoms with Crippen LogP contribution in [0.3, 0.4) is 0 Å². The Morgan fingerprint density at radius 3 is 0.956 bits per heavy atom. The van der Waals surface area contributed by atoms with Gasteiger partial charge in [0.1, 0.15) is 12.1 Å². The largest absolute Gasteiger partial charge is 0.466 e. The van der Waals surface area contributed by atoms with Gasteiger partial charge in [-0.3, -0.25) is 29.0 Å². The summed E-state index contributed by atoms with van der Waals surface area (Å²) in [4.78, 5) is 55.5. The van der Waals surface area contributed by atoms with E-state index in [1.807, 2.05) is 9.80 Å². The third-order valence-electron chi connectivity index (χ3n) is 13.3. The number of unbranched alkanes of at least 4 members (excludes halogenated alkanes) is 20. The van der Waals surface area contributed by atoms with Gasteiger partial charge in [-0.15, -0.1) is 0 Å². The molecule has 0 aromatic rings. The van der Waals surface area contributed by atoms with Crippen molar-refractivity contribution in [3.05, 3.63) is 0 Å². The normalized spacial score (nSPS) is 17.0. The average molecular weight is 969 g/mol. The molecular formula is C54H104N4O10. The monoisotopic (exact) mass is 969 g/mol. The zero-order valence-electron chi connectivity index (χ0n) is 43.9. The number of aliphatic hydroxyl groups excluding tert-OH is 4. The number of nitrogens with zero attached hydrogens (tertiary/aromatic N) is 2. The fourth-order valence-electron chi connectivity index (χ4n) is 9.02. The van der Waals surface area contributed by atoms with E-state index in [9.17, 15) is 39.6 Å². The number of piperazine rings is 1. The molecular weight excluding hydrogens is 865 g/mol. The third-order valence-corrected chi connectivity index (χ3v) is 13.3. The Morgan fingerprint density at radius 1 is 0.441 bits per heavy atom. The van der Waals surface area contributed by atoms with Crippen LogP contribution in [-0.2, 0) is 28.7 Å². The van der Waals surface area contributed by atoms with Crippen LogP contribution in [-0.4, -0.2) is 143 Å². The molecule has 400 valence electrons. The van der Waals surface area contributed by atoms with Crippen molar-refractivity contribution in [2.45, 2.75) is 270 Å². The molecule has 68 heavy (non-hydrogen) atoms. The first-order valence-corrected chi connectivity index (χ1v) is 28.0. The van der Waals surface area contributed by atoms with Gasteiger partial charge in [0.05, 0.1) is 50.5 Å². The Morgan fingerprint density at radius 2 is 0.691 bits per heavy atom. The van der Waals surface area contributed by atoms with Gasteiger partial charge in [-0.25, -0.2) is 0 Å². The minimum atomic E-state index is -0.876. The number of hydrogen-bond acceptors (Lipinski definition) is 12. The molecule has 1 fully saturated rings. The number of carbonyl (C=O) groups excluding carboxylic acids is 4. The molecule has 14 nitrogen and oxygen atoms in total. The topological polar surface area (TPSA) is 198 Å². The molecule has 1 saturated heterocycles. The molecule has 1 rings (SSSR count). The van der Waals surface area contributed by atoms with Crippen LogP contribution in [0.4, 0.5) is 0 Å². The molecule has 6 atom stereocenters. The van der Waals surface area contributed by atoms with Crippen LogP contribution in [0, 0.1) is 0 Å². The number of hydrogen-bond donors (Lipinski definition) is 6. The summed E-state index contributed by atoms with van der Waals surface area (Å²) >= 11 is 0. The Kier molecular flexibility index (Phi) is 40.7. The lowest BCUT2D eigenvalue weighted by atomic mass is 10.1. The summed E-state index contributed by atoms with van der Waals surface area (Å²) in [6, 6.07) is -1.75. The lowest BCUT2D eigenvalue weighted by Gasteiger charge is -2.29. The second kappa shape index (κ2) is 43.4. The van der Waals surface area contributed by atoms with Crippen molar-refractivity contribution in [3.63, 3.8) is 0 Å². The fourth-order valence-corrected chi connectivity index (χ4v) is 9.02. The first-order chi connectivity index (χ1) is 32.9. The van der Waals surface area contributed by atoms with Crippen molar-refractivity contribution in [1.29, 1.82) is 0 Å². The minimum absolute atomic E-state index is 0.0655. The molecule has 0 aliphatic carbocycles. The summed E-state index contributed by atoms with van der Waals surface area (Å²) in [6.07, 6.45) is 28.2. The predicted octanol–water partition coefficient (Wildman–Crippen LogP) is 8.67. The highest BCUT2D eigenvalue weighted by Crippen LogP contribution is 2.16. The van der Waals surface area contributed by atoms with Gasteiger partial charge in [0, 0.05) is 52.1 Å². The van der Waals surface area contributed by atoms with Crippen molar-refractivity contribution in [3.8, 4) is 0 Å². The molecule has 0 radical (unpaired) electrons. The molecule has 0 bridgehead atoms. The van der Waals surface area contributed by atoms with E-state index in [0.717, 1.165) is 77.0 Å². The van der Waals surface area contributed by atoms with Crippen LogP contribution in [0.5, 0.6) is 0 Å². The summed E-state index contributed by atoms with van der Waals surface area (Å²) < 4.78 is 10.9. The van der Waals surface area contributed by atoms with Crippen molar-refractivity contribution >= 4 is 23.8 Å². The summed E-state index contributed by atoms with van der Waals surface area (Å²) in [6.45, 7) is 10.8. The van der Waals surface area contributed by atoms with Gasteiger partial charge >= 0.3 is 11.9 Å². The van der Waals surface area contributed by atoms with E-state index in [4.69, 9.17) is 9.47 Å². The van der Waals surface area contributed by atoms with Gasteiger partial charge in [-0.05, 0) is 25.7 Å². The second-order valence-electron chi connectivity index (χ2n) is 20.0. The Labute approximate surface area is 414 Å². The van der Waals surface area contributed by atoms with Crippen LogP contribution in [0.25, 0.3) is 0 Å². The first-order valence-electron chi connectivity index (χ1n) is 28.0. The molecule has 6 N–H and O–H groups in total. The van der Waals surface area contributed by atoms with Gasteiger partial charge in [-0.1, -0.05) is 182 Å². The van der Waals surface area contributed by atoms with Crippen molar-refractivity contribution in [2.75, 3.05) is 52.5 Å². The molecule has 2 amide bonds. The zero-order chi connectivity index (χ0) is 50.0. The maximum absolute atomic E-state index is 13.0. The van der Waals surface area contributed by atoms with E-state index in [-0.39, 0.29) is 38.9 Å². The van der Waals surface area contributed by atoms with E-state index < -0.39 is 60.3 Å². The number of amides is 2.